The third kappa shape index (κ3) is 6.77. The Bertz CT molecular complexity index is 1690. The number of hydrogen-bond donors (Lipinski definition) is 2. The Hall–Kier alpha value is -4.12. The van der Waals surface area contributed by atoms with E-state index in [1.165, 1.54) is 0 Å². The van der Waals surface area contributed by atoms with Crippen LogP contribution in [0.3, 0.4) is 0 Å². The van der Waals surface area contributed by atoms with Crippen molar-refractivity contribution < 1.29 is 19.1 Å². The molecule has 3 aromatic carbocycles. The average Bonchev–Trinajstić information content (AvgIpc) is 3.31. The van der Waals surface area contributed by atoms with Crippen molar-refractivity contribution in [3.8, 4) is 11.4 Å². The fraction of sp³-hybridized carbons (Fsp3) is 0.281. The minimum absolute atomic E-state index is 0.0212. The molecule has 0 spiro atoms. The Morgan fingerprint density at radius 3 is 2.56 bits per heavy atom. The molecule has 11 heteroatoms. The number of carbonyl (C=O) groups is 2. The van der Waals surface area contributed by atoms with Gasteiger partial charge in [-0.15, -0.1) is 10.2 Å². The summed E-state index contributed by atoms with van der Waals surface area (Å²) in [6, 6.07) is 19.7. The van der Waals surface area contributed by atoms with E-state index in [0.717, 1.165) is 22.0 Å². The fourth-order valence-corrected chi connectivity index (χ4v) is 6.26. The highest BCUT2D eigenvalue weighted by Crippen LogP contribution is 2.34. The second kappa shape index (κ2) is 12.6. The molecule has 0 fully saturated rings. The fourth-order valence-electron chi connectivity index (χ4n) is 5.12. The van der Waals surface area contributed by atoms with E-state index >= 15 is 0 Å². The minimum Gasteiger partial charge on any atom is -0.497 e. The van der Waals surface area contributed by atoms with Crippen molar-refractivity contribution in [3.63, 3.8) is 0 Å². The van der Waals surface area contributed by atoms with Crippen LogP contribution in [0.15, 0.2) is 71.7 Å². The third-order valence-corrected chi connectivity index (χ3v) is 9.40. The second-order valence-corrected chi connectivity index (χ2v) is 15.2. The van der Waals surface area contributed by atoms with Gasteiger partial charge >= 0.3 is 0 Å². The van der Waals surface area contributed by atoms with E-state index < -0.39 is 14.4 Å². The van der Waals surface area contributed by atoms with Crippen molar-refractivity contribution in [3.05, 3.63) is 100 Å². The van der Waals surface area contributed by atoms with Gasteiger partial charge in [0.1, 0.15) is 17.6 Å². The number of carbonyl (C=O) groups excluding carboxylic acids is 2. The molecule has 9 nitrogen and oxygen atoms in total. The van der Waals surface area contributed by atoms with Crippen LogP contribution in [0, 0.1) is 6.92 Å². The molecule has 2 N–H and O–H groups in total. The zero-order valence-electron chi connectivity index (χ0n) is 24.6. The molecule has 0 saturated carbocycles. The zero-order valence-corrected chi connectivity index (χ0v) is 26.4. The quantitative estimate of drug-likeness (QED) is 0.152. The predicted octanol–water partition coefficient (Wildman–Crippen LogP) is 4.70. The van der Waals surface area contributed by atoms with Gasteiger partial charge in [-0.2, -0.15) is 0 Å². The number of aryl methyl sites for hydroxylation is 1. The molecule has 0 unspecified atom stereocenters. The number of methoxy groups -OCH3 is 1. The van der Waals surface area contributed by atoms with Crippen LogP contribution in [0.25, 0.3) is 5.69 Å². The molecule has 4 aromatic rings. The number of nitrogens with one attached hydrogen (secondary N) is 1. The largest absolute Gasteiger partial charge is 0.497 e. The Balaban J connectivity index is 1.34. The number of aromatic nitrogens is 3. The molecular formula is C32H34ClN5O4Si. The van der Waals surface area contributed by atoms with E-state index in [0.29, 0.717) is 46.7 Å². The summed E-state index contributed by atoms with van der Waals surface area (Å²) in [7, 11) is -0.897. The Labute approximate surface area is 256 Å². The van der Waals surface area contributed by atoms with Gasteiger partial charge in [0, 0.05) is 34.7 Å². The number of Topliss-reactive ketones (excluding diaryl/α,β-unsaturated/α-hetero) is 1. The third-order valence-electron chi connectivity index (χ3n) is 7.42. The van der Waals surface area contributed by atoms with E-state index in [9.17, 15) is 14.4 Å². The molecule has 0 bridgehead atoms. The SMILES string of the molecule is COc1ccc2c(c1)C(c1ccc(Cl)cc1)=N[C@@H](CC(=O)NCCCC(=O)c1cccc([Si](C)(C)O)c1)c1nnc(C)n1-2. The Morgan fingerprint density at radius 2 is 1.84 bits per heavy atom. The van der Waals surface area contributed by atoms with Crippen LogP contribution >= 0.6 is 11.6 Å². The van der Waals surface area contributed by atoms with Crippen LogP contribution in [0.4, 0.5) is 0 Å². The van der Waals surface area contributed by atoms with Crippen LogP contribution in [0.2, 0.25) is 18.1 Å². The van der Waals surface area contributed by atoms with Crippen molar-refractivity contribution in [1.29, 1.82) is 0 Å². The number of benzene rings is 3. The molecular weight excluding hydrogens is 582 g/mol. The predicted molar refractivity (Wildman–Crippen MR) is 169 cm³/mol. The molecule has 1 aromatic heterocycles. The van der Waals surface area contributed by atoms with Gasteiger partial charge in [0.15, 0.2) is 11.6 Å². The molecule has 1 atom stereocenters. The number of nitrogens with zero attached hydrogens (tertiary/aromatic N) is 4. The van der Waals surface area contributed by atoms with E-state index in [1.807, 2.05) is 61.0 Å². The maximum absolute atomic E-state index is 13.2. The van der Waals surface area contributed by atoms with Gasteiger partial charge in [0.2, 0.25) is 14.2 Å². The number of hydrogen-bond acceptors (Lipinski definition) is 7. The summed E-state index contributed by atoms with van der Waals surface area (Å²) in [6.07, 6.45) is 0.815. The van der Waals surface area contributed by atoms with Gasteiger partial charge in [0.25, 0.3) is 0 Å². The number of fused-ring (bicyclic) bond motifs is 3. The summed E-state index contributed by atoms with van der Waals surface area (Å²) in [5.41, 5.74) is 3.77. The average molecular weight is 616 g/mol. The topological polar surface area (TPSA) is 119 Å². The van der Waals surface area contributed by atoms with Gasteiger partial charge in [-0.25, -0.2) is 0 Å². The summed E-state index contributed by atoms with van der Waals surface area (Å²) >= 11 is 6.18. The first kappa shape index (κ1) is 30.3. The number of ether oxygens (including phenoxy) is 1. The lowest BCUT2D eigenvalue weighted by atomic mass is 10.00. The standard InChI is InChI=1S/C32H34ClN5O4Si/c1-20-36-37-32-27(19-30(40)34-16-6-9-29(39)22-7-5-8-25(17-22)43(3,4)41)35-31(21-10-12-23(33)13-11-21)26-18-24(42-2)14-15-28(26)38(20)32/h5,7-8,10-15,17-18,27,41H,6,9,16,19H2,1-4H3,(H,34,40)/t27-/m0/s1. The summed E-state index contributed by atoms with van der Waals surface area (Å²) in [5.74, 6) is 1.68. The number of aliphatic imine (C=N–C) groups is 1. The summed E-state index contributed by atoms with van der Waals surface area (Å²) in [4.78, 5) is 41.4. The van der Waals surface area contributed by atoms with Crippen LogP contribution in [0.5, 0.6) is 5.75 Å². The molecule has 1 aliphatic heterocycles. The smallest absolute Gasteiger partial charge is 0.222 e. The van der Waals surface area contributed by atoms with Crippen molar-refractivity contribution in [2.45, 2.75) is 45.3 Å². The molecule has 0 saturated heterocycles. The molecule has 1 aliphatic rings. The lowest BCUT2D eigenvalue weighted by Gasteiger charge is -2.15. The van der Waals surface area contributed by atoms with Gasteiger partial charge in [0.05, 0.1) is 24.9 Å². The van der Waals surface area contributed by atoms with Crippen molar-refractivity contribution in [2.75, 3.05) is 13.7 Å². The zero-order chi connectivity index (χ0) is 30.7. The van der Waals surface area contributed by atoms with Gasteiger partial charge in [-0.05, 0) is 68.0 Å². The highest BCUT2D eigenvalue weighted by Gasteiger charge is 2.30. The molecule has 5 rings (SSSR count). The van der Waals surface area contributed by atoms with Crippen LogP contribution < -0.4 is 15.2 Å². The summed E-state index contributed by atoms with van der Waals surface area (Å²) in [5, 5.41) is 13.1. The van der Waals surface area contributed by atoms with E-state index in [2.05, 4.69) is 15.5 Å². The normalized spacial score (nSPS) is 14.3. The van der Waals surface area contributed by atoms with Crippen molar-refractivity contribution in [2.24, 2.45) is 4.99 Å². The first-order valence-corrected chi connectivity index (χ1v) is 17.4. The summed E-state index contributed by atoms with van der Waals surface area (Å²) in [6.45, 7) is 5.85. The van der Waals surface area contributed by atoms with E-state index in [-0.39, 0.29) is 24.5 Å². The first-order valence-electron chi connectivity index (χ1n) is 14.1. The van der Waals surface area contributed by atoms with Crippen molar-refractivity contribution in [1.82, 2.24) is 20.1 Å². The molecule has 0 aliphatic carbocycles. The number of amides is 1. The Kier molecular flexibility index (Phi) is 8.91. The minimum atomic E-state index is -2.51. The molecule has 43 heavy (non-hydrogen) atoms. The van der Waals surface area contributed by atoms with E-state index in [1.54, 1.807) is 37.4 Å². The van der Waals surface area contributed by atoms with Gasteiger partial charge < -0.3 is 14.8 Å². The van der Waals surface area contributed by atoms with Gasteiger partial charge in [-0.1, -0.05) is 41.9 Å². The highest BCUT2D eigenvalue weighted by molar-refractivity contribution is 6.83. The highest BCUT2D eigenvalue weighted by atomic mass is 35.5. The number of ketones is 1. The number of rotatable bonds is 10. The maximum Gasteiger partial charge on any atom is 0.222 e. The van der Waals surface area contributed by atoms with E-state index in [4.69, 9.17) is 21.3 Å². The van der Waals surface area contributed by atoms with Crippen LogP contribution in [0.1, 0.15) is 58.4 Å². The van der Waals surface area contributed by atoms with Crippen molar-refractivity contribution >= 4 is 42.5 Å². The second-order valence-electron chi connectivity index (χ2n) is 11.0. The molecule has 222 valence electrons. The summed E-state index contributed by atoms with van der Waals surface area (Å²) < 4.78 is 7.45. The molecule has 2 heterocycles. The monoisotopic (exact) mass is 615 g/mol. The van der Waals surface area contributed by atoms with Crippen LogP contribution in [-0.2, 0) is 4.79 Å². The lowest BCUT2D eigenvalue weighted by Crippen LogP contribution is -2.41. The first-order chi connectivity index (χ1) is 20.5. The Morgan fingerprint density at radius 1 is 1.07 bits per heavy atom. The molecule has 0 radical (unpaired) electrons. The molecule has 1 amide bonds. The van der Waals surface area contributed by atoms with Crippen LogP contribution in [-0.4, -0.2) is 58.9 Å². The number of halogens is 1. The maximum atomic E-state index is 13.2. The lowest BCUT2D eigenvalue weighted by molar-refractivity contribution is -0.121. The van der Waals surface area contributed by atoms with Gasteiger partial charge in [-0.3, -0.25) is 19.1 Å².